The monoisotopic (exact) mass is 248 g/mol. The number of aryl methyl sites for hydroxylation is 1. The quantitative estimate of drug-likeness (QED) is 0.841. The van der Waals surface area contributed by atoms with Crippen molar-refractivity contribution in [3.05, 3.63) is 34.5 Å². The second-order valence-electron chi connectivity index (χ2n) is 4.41. The van der Waals surface area contributed by atoms with Crippen molar-refractivity contribution in [1.82, 2.24) is 5.16 Å². The van der Waals surface area contributed by atoms with E-state index in [-0.39, 0.29) is 0 Å². The molecule has 1 aromatic heterocycles. The van der Waals surface area contributed by atoms with Gasteiger partial charge in [-0.2, -0.15) is 0 Å². The van der Waals surface area contributed by atoms with E-state index in [0.717, 1.165) is 29.0 Å². The van der Waals surface area contributed by atoms with Crippen molar-refractivity contribution < 1.29 is 4.52 Å². The zero-order valence-electron chi connectivity index (χ0n) is 9.37. The molecule has 0 radical (unpaired) electrons. The van der Waals surface area contributed by atoms with Crippen LogP contribution in [0.25, 0.3) is 11.1 Å². The van der Waals surface area contributed by atoms with Gasteiger partial charge in [0.15, 0.2) is 0 Å². The molecule has 1 heterocycles. The van der Waals surface area contributed by atoms with Crippen molar-refractivity contribution >= 4 is 17.5 Å². The van der Waals surface area contributed by atoms with E-state index in [0.29, 0.717) is 5.88 Å². The number of anilines is 1. The molecule has 0 atom stereocenters. The van der Waals surface area contributed by atoms with E-state index < -0.39 is 0 Å². The van der Waals surface area contributed by atoms with Crippen molar-refractivity contribution in [3.63, 3.8) is 0 Å². The predicted molar refractivity (Wildman–Crippen MR) is 68.0 cm³/mol. The number of nitrogen functional groups attached to an aromatic ring is 1. The lowest BCUT2D eigenvalue weighted by atomic mass is 9.89. The van der Waals surface area contributed by atoms with Crippen LogP contribution in [0.3, 0.4) is 0 Å². The molecule has 1 aliphatic carbocycles. The summed E-state index contributed by atoms with van der Waals surface area (Å²) in [5.74, 6) is 0.344. The number of hydrogen-bond donors (Lipinski definition) is 1. The number of benzene rings is 1. The minimum absolute atomic E-state index is 0.344. The second kappa shape index (κ2) is 4.08. The first kappa shape index (κ1) is 10.7. The van der Waals surface area contributed by atoms with Gasteiger partial charge in [-0.15, -0.1) is 0 Å². The molecule has 0 aliphatic heterocycles. The lowest BCUT2D eigenvalue weighted by Gasteiger charge is -2.18. The number of fused-ring (bicyclic) bond motifs is 1. The fraction of sp³-hybridized carbons (Fsp3) is 0.308. The summed E-state index contributed by atoms with van der Waals surface area (Å²) in [6, 6.07) is 4.11. The molecule has 0 unspecified atom stereocenters. The van der Waals surface area contributed by atoms with E-state index in [1.165, 1.54) is 24.0 Å². The second-order valence-corrected chi connectivity index (χ2v) is 4.81. The summed E-state index contributed by atoms with van der Waals surface area (Å²) < 4.78 is 4.89. The third kappa shape index (κ3) is 1.80. The third-order valence-electron chi connectivity index (χ3n) is 3.32. The molecule has 1 aliphatic rings. The van der Waals surface area contributed by atoms with Crippen LogP contribution < -0.4 is 5.73 Å². The Hall–Kier alpha value is -1.48. The zero-order chi connectivity index (χ0) is 11.8. The fourth-order valence-corrected chi connectivity index (χ4v) is 2.77. The maximum Gasteiger partial charge on any atom is 0.229 e. The maximum atomic E-state index is 6.32. The number of aromatic nitrogens is 1. The number of hydrogen-bond acceptors (Lipinski definition) is 3. The maximum absolute atomic E-state index is 6.32. The Morgan fingerprint density at radius 2 is 2.06 bits per heavy atom. The Bertz CT molecular complexity index is 563. The molecule has 1 aromatic carbocycles. The molecule has 0 saturated carbocycles. The molecule has 0 amide bonds. The van der Waals surface area contributed by atoms with E-state index in [2.05, 4.69) is 11.2 Å². The molecule has 3 nitrogen and oxygen atoms in total. The first-order chi connectivity index (χ1) is 8.25. The summed E-state index contributed by atoms with van der Waals surface area (Å²) in [7, 11) is 0. The Kier molecular flexibility index (Phi) is 2.56. The number of rotatable bonds is 1. The Morgan fingerprint density at radius 1 is 1.24 bits per heavy atom. The molecule has 88 valence electrons. The van der Waals surface area contributed by atoms with Gasteiger partial charge in [-0.05, 0) is 48.4 Å². The van der Waals surface area contributed by atoms with Crippen molar-refractivity contribution in [2.45, 2.75) is 25.7 Å². The highest BCUT2D eigenvalue weighted by Crippen LogP contribution is 2.34. The van der Waals surface area contributed by atoms with Gasteiger partial charge in [0, 0.05) is 5.02 Å². The van der Waals surface area contributed by atoms with Crippen LogP contribution in [0.5, 0.6) is 0 Å². The molecule has 0 saturated heterocycles. The van der Waals surface area contributed by atoms with Crippen LogP contribution in [0.2, 0.25) is 5.02 Å². The van der Waals surface area contributed by atoms with Gasteiger partial charge in [0.25, 0.3) is 0 Å². The smallest absolute Gasteiger partial charge is 0.229 e. The molecular weight excluding hydrogens is 236 g/mol. The van der Waals surface area contributed by atoms with E-state index in [1.807, 2.05) is 6.07 Å². The zero-order valence-corrected chi connectivity index (χ0v) is 10.1. The van der Waals surface area contributed by atoms with Gasteiger partial charge in [0.1, 0.15) is 0 Å². The first-order valence-electron chi connectivity index (χ1n) is 5.77. The minimum atomic E-state index is 0.344. The van der Waals surface area contributed by atoms with Crippen LogP contribution in [0.4, 0.5) is 5.88 Å². The Balaban J connectivity index is 2.14. The molecule has 17 heavy (non-hydrogen) atoms. The average Bonchev–Trinajstić information content (AvgIpc) is 2.75. The van der Waals surface area contributed by atoms with E-state index >= 15 is 0 Å². The van der Waals surface area contributed by atoms with Gasteiger partial charge < -0.3 is 10.3 Å². The number of halogens is 1. The summed E-state index contributed by atoms with van der Waals surface area (Å²) in [4.78, 5) is 0. The molecule has 0 spiro atoms. The largest absolute Gasteiger partial charge is 0.367 e. The van der Waals surface area contributed by atoms with Crippen molar-refractivity contribution in [2.24, 2.45) is 0 Å². The van der Waals surface area contributed by atoms with E-state index in [9.17, 15) is 0 Å². The molecule has 2 aromatic rings. The van der Waals surface area contributed by atoms with Gasteiger partial charge in [0.2, 0.25) is 5.88 Å². The normalized spacial score (nSPS) is 14.6. The van der Waals surface area contributed by atoms with Crippen LogP contribution >= 0.6 is 11.6 Å². The number of nitrogens with zero attached hydrogens (tertiary/aromatic N) is 1. The average molecular weight is 249 g/mol. The van der Waals surface area contributed by atoms with Gasteiger partial charge in [-0.3, -0.25) is 0 Å². The highest BCUT2D eigenvalue weighted by molar-refractivity contribution is 6.31. The predicted octanol–water partition coefficient (Wildman–Crippen LogP) is 3.46. The van der Waals surface area contributed by atoms with Crippen LogP contribution in [0.1, 0.15) is 24.0 Å². The third-order valence-corrected chi connectivity index (χ3v) is 3.66. The van der Waals surface area contributed by atoms with Gasteiger partial charge in [-0.1, -0.05) is 22.8 Å². The SMILES string of the molecule is Nc1oncc1-c1cc(Cl)c2c(c1)CCCC2. The van der Waals surface area contributed by atoms with Gasteiger partial charge in [-0.25, -0.2) is 0 Å². The highest BCUT2D eigenvalue weighted by atomic mass is 35.5. The van der Waals surface area contributed by atoms with Crippen molar-refractivity contribution in [2.75, 3.05) is 5.73 Å². The number of nitrogens with two attached hydrogens (primary N) is 1. The van der Waals surface area contributed by atoms with Crippen LogP contribution in [0.15, 0.2) is 22.9 Å². The Morgan fingerprint density at radius 3 is 2.82 bits per heavy atom. The molecule has 0 fully saturated rings. The first-order valence-corrected chi connectivity index (χ1v) is 6.15. The van der Waals surface area contributed by atoms with Crippen LogP contribution in [-0.4, -0.2) is 5.16 Å². The van der Waals surface area contributed by atoms with Gasteiger partial charge in [0.05, 0.1) is 11.8 Å². The van der Waals surface area contributed by atoms with E-state index in [4.69, 9.17) is 21.9 Å². The van der Waals surface area contributed by atoms with E-state index in [1.54, 1.807) is 6.20 Å². The standard InChI is InChI=1S/C13H13ClN2O/c14-12-6-9(11-7-16-17-13(11)15)5-8-3-1-2-4-10(8)12/h5-7H,1-4,15H2. The Labute approximate surface area is 105 Å². The molecule has 3 rings (SSSR count). The summed E-state index contributed by atoms with van der Waals surface area (Å²) in [5.41, 5.74) is 10.2. The molecule has 4 heteroatoms. The van der Waals surface area contributed by atoms with Crippen molar-refractivity contribution in [1.29, 1.82) is 0 Å². The van der Waals surface area contributed by atoms with Crippen LogP contribution in [0, 0.1) is 0 Å². The van der Waals surface area contributed by atoms with Gasteiger partial charge >= 0.3 is 0 Å². The summed E-state index contributed by atoms with van der Waals surface area (Å²) >= 11 is 6.32. The lowest BCUT2D eigenvalue weighted by Crippen LogP contribution is -2.03. The summed E-state index contributed by atoms with van der Waals surface area (Å²) in [6.45, 7) is 0. The van der Waals surface area contributed by atoms with Crippen LogP contribution in [-0.2, 0) is 12.8 Å². The molecule has 0 bridgehead atoms. The minimum Gasteiger partial charge on any atom is -0.367 e. The topological polar surface area (TPSA) is 52.0 Å². The molecular formula is C13H13ClN2O. The lowest BCUT2D eigenvalue weighted by molar-refractivity contribution is 0.436. The summed E-state index contributed by atoms with van der Waals surface area (Å²) in [6.07, 6.45) is 6.26. The highest BCUT2D eigenvalue weighted by Gasteiger charge is 2.16. The van der Waals surface area contributed by atoms with Crippen molar-refractivity contribution in [3.8, 4) is 11.1 Å². The fourth-order valence-electron chi connectivity index (χ4n) is 2.43. The summed E-state index contributed by atoms with van der Waals surface area (Å²) in [5, 5.41) is 4.53. The molecule has 2 N–H and O–H groups in total.